The highest BCUT2D eigenvalue weighted by Gasteiger charge is 2.32. The minimum atomic E-state index is -3.66. The van der Waals surface area contributed by atoms with E-state index in [1.54, 1.807) is 18.2 Å². The average molecular weight is 413 g/mol. The molecule has 0 radical (unpaired) electrons. The van der Waals surface area contributed by atoms with Crippen LogP contribution in [0.25, 0.3) is 0 Å². The molecule has 1 aromatic rings. The molecule has 1 aromatic carbocycles. The van der Waals surface area contributed by atoms with E-state index < -0.39 is 16.1 Å². The Morgan fingerprint density at radius 3 is 2.67 bits per heavy atom. The summed E-state index contributed by atoms with van der Waals surface area (Å²) in [5.74, 6) is -0.279. The van der Waals surface area contributed by atoms with Gasteiger partial charge in [0.05, 0.1) is 11.9 Å². The molecule has 0 saturated carbocycles. The zero-order chi connectivity index (χ0) is 20.0. The Bertz CT molecular complexity index is 805. The molecule has 0 bridgehead atoms. The van der Waals surface area contributed by atoms with Crippen LogP contribution in [0.2, 0.25) is 5.02 Å². The van der Waals surface area contributed by atoms with Crippen LogP contribution in [0.5, 0.6) is 0 Å². The summed E-state index contributed by atoms with van der Waals surface area (Å²) >= 11 is 6.08. The number of rotatable bonds is 8. The van der Waals surface area contributed by atoms with Gasteiger partial charge in [0.1, 0.15) is 6.04 Å². The number of anilines is 1. The number of halogens is 1. The molecule has 1 atom stereocenters. The summed E-state index contributed by atoms with van der Waals surface area (Å²) in [6.07, 6.45) is 9.19. The molecule has 5 nitrogen and oxygen atoms in total. The first-order valence-electron chi connectivity index (χ1n) is 9.45. The van der Waals surface area contributed by atoms with Gasteiger partial charge >= 0.3 is 0 Å². The molecule has 0 heterocycles. The van der Waals surface area contributed by atoms with Gasteiger partial charge in [-0.25, -0.2) is 8.42 Å². The largest absolute Gasteiger partial charge is 0.354 e. The van der Waals surface area contributed by atoms with Gasteiger partial charge in [-0.1, -0.05) is 36.2 Å². The Kier molecular flexibility index (Phi) is 7.74. The summed E-state index contributed by atoms with van der Waals surface area (Å²) in [6.45, 7) is 4.14. The number of aryl methyl sites for hydroxylation is 1. The summed E-state index contributed by atoms with van der Waals surface area (Å²) in [5.41, 5.74) is 2.57. The van der Waals surface area contributed by atoms with Gasteiger partial charge in [0.15, 0.2) is 0 Å². The quantitative estimate of drug-likeness (QED) is 0.650. The molecule has 1 aliphatic rings. The van der Waals surface area contributed by atoms with Crippen molar-refractivity contribution in [1.29, 1.82) is 0 Å². The first-order valence-corrected chi connectivity index (χ1v) is 11.7. The van der Waals surface area contributed by atoms with E-state index >= 15 is 0 Å². The molecule has 7 heteroatoms. The van der Waals surface area contributed by atoms with Gasteiger partial charge in [-0.15, -0.1) is 0 Å². The summed E-state index contributed by atoms with van der Waals surface area (Å²) in [7, 11) is -3.66. The molecular weight excluding hydrogens is 384 g/mol. The van der Waals surface area contributed by atoms with E-state index in [0.29, 0.717) is 23.7 Å². The number of benzene rings is 1. The number of hydrogen-bond acceptors (Lipinski definition) is 3. The minimum absolute atomic E-state index is 0.279. The fraction of sp³-hybridized carbons (Fsp3) is 0.550. The van der Waals surface area contributed by atoms with Gasteiger partial charge in [0.25, 0.3) is 0 Å². The van der Waals surface area contributed by atoms with Crippen molar-refractivity contribution >= 4 is 33.2 Å². The molecule has 0 unspecified atom stereocenters. The van der Waals surface area contributed by atoms with Crippen molar-refractivity contribution in [3.8, 4) is 0 Å². The van der Waals surface area contributed by atoms with Gasteiger partial charge in [0.2, 0.25) is 15.9 Å². The molecular formula is C20H29ClN2O3S. The third-order valence-electron chi connectivity index (χ3n) is 4.87. The second-order valence-corrected chi connectivity index (χ2v) is 9.36. The monoisotopic (exact) mass is 412 g/mol. The number of amides is 1. The van der Waals surface area contributed by atoms with Crippen molar-refractivity contribution in [2.45, 2.75) is 58.4 Å². The third kappa shape index (κ3) is 5.98. The highest BCUT2D eigenvalue weighted by atomic mass is 35.5. The topological polar surface area (TPSA) is 66.5 Å². The van der Waals surface area contributed by atoms with Gasteiger partial charge in [-0.05, 0) is 63.1 Å². The third-order valence-corrected chi connectivity index (χ3v) is 6.27. The molecule has 0 fully saturated rings. The Morgan fingerprint density at radius 2 is 2.07 bits per heavy atom. The van der Waals surface area contributed by atoms with Gasteiger partial charge in [0, 0.05) is 11.6 Å². The molecule has 1 aliphatic carbocycles. The number of nitrogens with zero attached hydrogens (tertiary/aromatic N) is 1. The van der Waals surface area contributed by atoms with Crippen LogP contribution in [0.1, 0.15) is 51.0 Å². The Labute approximate surface area is 167 Å². The number of carbonyl (C=O) groups excluding carboxylic acids is 1. The highest BCUT2D eigenvalue weighted by molar-refractivity contribution is 7.92. The lowest BCUT2D eigenvalue weighted by Gasteiger charge is -2.31. The van der Waals surface area contributed by atoms with Crippen LogP contribution in [-0.4, -0.2) is 33.2 Å². The maximum Gasteiger partial charge on any atom is 0.243 e. The Morgan fingerprint density at radius 1 is 1.33 bits per heavy atom. The molecule has 1 N–H and O–H groups in total. The lowest BCUT2D eigenvalue weighted by molar-refractivity contribution is -0.122. The summed E-state index contributed by atoms with van der Waals surface area (Å²) in [6, 6.07) is 4.26. The number of allylic oxidation sites excluding steroid dienone is 1. The molecule has 0 saturated heterocycles. The maximum absolute atomic E-state index is 12.8. The van der Waals surface area contributed by atoms with E-state index in [1.165, 1.54) is 22.7 Å². The lowest BCUT2D eigenvalue weighted by atomic mass is 9.97. The van der Waals surface area contributed by atoms with E-state index in [-0.39, 0.29) is 5.91 Å². The van der Waals surface area contributed by atoms with E-state index in [1.807, 2.05) is 13.8 Å². The van der Waals surface area contributed by atoms with Crippen molar-refractivity contribution < 1.29 is 13.2 Å². The minimum Gasteiger partial charge on any atom is -0.354 e. The number of sulfonamides is 1. The molecule has 1 amide bonds. The van der Waals surface area contributed by atoms with Gasteiger partial charge < -0.3 is 5.32 Å². The molecule has 150 valence electrons. The molecule has 2 rings (SSSR count). The van der Waals surface area contributed by atoms with Crippen LogP contribution < -0.4 is 9.62 Å². The lowest BCUT2D eigenvalue weighted by Crippen LogP contribution is -2.49. The van der Waals surface area contributed by atoms with Crippen LogP contribution in [0, 0.1) is 6.92 Å². The summed E-state index contributed by atoms with van der Waals surface area (Å²) < 4.78 is 26.2. The van der Waals surface area contributed by atoms with Gasteiger partial charge in [-0.2, -0.15) is 0 Å². The van der Waals surface area contributed by atoms with E-state index in [9.17, 15) is 13.2 Å². The second kappa shape index (κ2) is 9.60. The SMILES string of the molecule is CC[C@H](C(=O)NCCC1=CCCCC1)N(c1cc(Cl)ccc1C)S(C)(=O)=O. The van der Waals surface area contributed by atoms with Crippen molar-refractivity contribution in [1.82, 2.24) is 5.32 Å². The van der Waals surface area contributed by atoms with Gasteiger partial charge in [-0.3, -0.25) is 9.10 Å². The molecule has 0 aromatic heterocycles. The van der Waals surface area contributed by atoms with Crippen LogP contribution in [0.15, 0.2) is 29.8 Å². The number of hydrogen-bond donors (Lipinski definition) is 1. The van der Waals surface area contributed by atoms with E-state index in [4.69, 9.17) is 11.6 Å². The zero-order valence-electron chi connectivity index (χ0n) is 16.3. The first kappa shape index (κ1) is 21.8. The molecule has 0 aliphatic heterocycles. The zero-order valence-corrected chi connectivity index (χ0v) is 17.9. The fourth-order valence-corrected chi connectivity index (χ4v) is 4.88. The van der Waals surface area contributed by atoms with Crippen molar-refractivity contribution in [3.05, 3.63) is 40.4 Å². The van der Waals surface area contributed by atoms with E-state index in [2.05, 4.69) is 11.4 Å². The van der Waals surface area contributed by atoms with Crippen LogP contribution in [0.4, 0.5) is 5.69 Å². The smallest absolute Gasteiger partial charge is 0.243 e. The number of carbonyl (C=O) groups is 1. The molecule has 0 spiro atoms. The fourth-order valence-electron chi connectivity index (χ4n) is 3.45. The summed E-state index contributed by atoms with van der Waals surface area (Å²) in [5, 5.41) is 3.35. The summed E-state index contributed by atoms with van der Waals surface area (Å²) in [4.78, 5) is 12.8. The predicted molar refractivity (Wildman–Crippen MR) is 112 cm³/mol. The average Bonchev–Trinajstić information content (AvgIpc) is 2.61. The standard InChI is InChI=1S/C20H29ClN2O3S/c1-4-18(20(24)22-13-12-16-8-6-5-7-9-16)23(27(3,25)26)19-14-17(21)11-10-15(19)2/h8,10-11,14,18H,4-7,9,12-13H2,1-3H3,(H,22,24)/t18-/m1/s1. The van der Waals surface area contributed by atoms with Crippen molar-refractivity contribution in [2.24, 2.45) is 0 Å². The molecule has 27 heavy (non-hydrogen) atoms. The maximum atomic E-state index is 12.8. The second-order valence-electron chi connectivity index (χ2n) is 7.06. The van der Waals surface area contributed by atoms with Crippen LogP contribution in [-0.2, 0) is 14.8 Å². The predicted octanol–water partition coefficient (Wildman–Crippen LogP) is 4.20. The number of nitrogens with one attached hydrogen (secondary N) is 1. The Hall–Kier alpha value is -1.53. The van der Waals surface area contributed by atoms with Crippen LogP contribution >= 0.6 is 11.6 Å². The normalized spacial score (nSPS) is 15.8. The first-order chi connectivity index (χ1) is 12.7. The van der Waals surface area contributed by atoms with Crippen molar-refractivity contribution in [2.75, 3.05) is 17.1 Å². The highest BCUT2D eigenvalue weighted by Crippen LogP contribution is 2.29. The van der Waals surface area contributed by atoms with E-state index in [0.717, 1.165) is 31.1 Å². The van der Waals surface area contributed by atoms with Crippen LogP contribution in [0.3, 0.4) is 0 Å². The Balaban J connectivity index is 2.18. The van der Waals surface area contributed by atoms with Crippen molar-refractivity contribution in [3.63, 3.8) is 0 Å².